The molecule has 0 aromatic heterocycles. The normalized spacial score (nSPS) is 34.7. The van der Waals surface area contributed by atoms with E-state index >= 15 is 0 Å². The van der Waals surface area contributed by atoms with E-state index in [0.29, 0.717) is 12.6 Å². The molecule has 1 aromatic rings. The van der Waals surface area contributed by atoms with E-state index in [1.807, 2.05) is 0 Å². The van der Waals surface area contributed by atoms with Gasteiger partial charge in [-0.3, -0.25) is 4.90 Å². The predicted octanol–water partition coefficient (Wildman–Crippen LogP) is 3.91. The molecule has 27 heavy (non-hydrogen) atoms. The Hall–Kier alpha value is -1.55. The van der Waals surface area contributed by atoms with Crippen LogP contribution in [0.3, 0.4) is 0 Å². The average Bonchev–Trinajstić information content (AvgIpc) is 3.17. The summed E-state index contributed by atoms with van der Waals surface area (Å²) in [6.45, 7) is 4.13. The zero-order chi connectivity index (χ0) is 18.2. The van der Waals surface area contributed by atoms with Crippen LogP contribution in [0.5, 0.6) is 0 Å². The van der Waals surface area contributed by atoms with Crippen molar-refractivity contribution in [3.05, 3.63) is 35.4 Å². The molecule has 2 N–H and O–H groups in total. The minimum Gasteiger partial charge on any atom is -0.335 e. The lowest BCUT2D eigenvalue weighted by Gasteiger charge is -2.54. The summed E-state index contributed by atoms with van der Waals surface area (Å²) in [4.78, 5) is 15.0. The highest BCUT2D eigenvalue weighted by molar-refractivity contribution is 5.74. The molecule has 4 heteroatoms. The van der Waals surface area contributed by atoms with Crippen LogP contribution in [0, 0.1) is 23.7 Å². The standard InChI is InChI=1S/C23H33N3O/c27-23(25-22-20-10-18-9-19(12-20)13-21(22)11-18)24-14-16-3-5-17(6-4-16)15-26-7-1-2-8-26/h3-6,18-22H,1-2,7-15H2,(H2,24,25,27). The molecule has 1 saturated heterocycles. The van der Waals surface area contributed by atoms with Gasteiger partial charge in [-0.25, -0.2) is 4.79 Å². The second-order valence-electron chi connectivity index (χ2n) is 9.58. The molecule has 1 aliphatic heterocycles. The number of nitrogens with one attached hydrogen (secondary N) is 2. The first-order valence-electron chi connectivity index (χ1n) is 11.1. The summed E-state index contributed by atoms with van der Waals surface area (Å²) in [5.74, 6) is 3.37. The Bertz CT molecular complexity index is 637. The maximum Gasteiger partial charge on any atom is 0.315 e. The number of hydrogen-bond acceptors (Lipinski definition) is 2. The molecule has 6 rings (SSSR count). The molecule has 0 unspecified atom stereocenters. The van der Waals surface area contributed by atoms with Crippen LogP contribution in [0.1, 0.15) is 56.1 Å². The van der Waals surface area contributed by atoms with Crippen molar-refractivity contribution in [2.24, 2.45) is 23.7 Å². The van der Waals surface area contributed by atoms with Gasteiger partial charge >= 0.3 is 6.03 Å². The van der Waals surface area contributed by atoms with E-state index in [1.54, 1.807) is 0 Å². The van der Waals surface area contributed by atoms with E-state index in [4.69, 9.17) is 0 Å². The monoisotopic (exact) mass is 367 g/mol. The van der Waals surface area contributed by atoms with Gasteiger partial charge in [-0.15, -0.1) is 0 Å². The van der Waals surface area contributed by atoms with Gasteiger partial charge in [0, 0.05) is 19.1 Å². The Morgan fingerprint density at radius 2 is 1.48 bits per heavy atom. The summed E-state index contributed by atoms with van der Waals surface area (Å²) in [5.41, 5.74) is 2.55. The predicted molar refractivity (Wildman–Crippen MR) is 107 cm³/mol. The second kappa shape index (κ2) is 7.46. The van der Waals surface area contributed by atoms with E-state index < -0.39 is 0 Å². The van der Waals surface area contributed by atoms with Crippen molar-refractivity contribution in [2.45, 2.75) is 64.1 Å². The summed E-state index contributed by atoms with van der Waals surface area (Å²) >= 11 is 0. The molecule has 1 aromatic carbocycles. The number of hydrogen-bond donors (Lipinski definition) is 2. The molecule has 146 valence electrons. The molecule has 0 radical (unpaired) electrons. The maximum absolute atomic E-state index is 12.5. The fourth-order valence-electron chi connectivity index (χ4n) is 6.51. The number of nitrogens with zero attached hydrogens (tertiary/aromatic N) is 1. The van der Waals surface area contributed by atoms with Crippen LogP contribution >= 0.6 is 0 Å². The zero-order valence-corrected chi connectivity index (χ0v) is 16.3. The van der Waals surface area contributed by atoms with Crippen molar-refractivity contribution in [3.8, 4) is 0 Å². The minimum absolute atomic E-state index is 0.0219. The van der Waals surface area contributed by atoms with E-state index in [1.165, 1.54) is 69.2 Å². The largest absolute Gasteiger partial charge is 0.335 e. The van der Waals surface area contributed by atoms with Crippen LogP contribution in [-0.2, 0) is 13.1 Å². The van der Waals surface area contributed by atoms with Gasteiger partial charge < -0.3 is 10.6 Å². The van der Waals surface area contributed by atoms with Crippen molar-refractivity contribution in [3.63, 3.8) is 0 Å². The average molecular weight is 368 g/mol. The van der Waals surface area contributed by atoms with Gasteiger partial charge in [0.1, 0.15) is 0 Å². The number of carbonyl (C=O) groups is 1. The minimum atomic E-state index is 0.0219. The van der Waals surface area contributed by atoms with Gasteiger partial charge in [-0.05, 0) is 92.8 Å². The van der Waals surface area contributed by atoms with Crippen LogP contribution in [-0.4, -0.2) is 30.1 Å². The van der Waals surface area contributed by atoms with Gasteiger partial charge in [0.05, 0.1) is 0 Å². The smallest absolute Gasteiger partial charge is 0.315 e. The Kier molecular flexibility index (Phi) is 4.85. The van der Waals surface area contributed by atoms with E-state index in [2.05, 4.69) is 39.8 Å². The first kappa shape index (κ1) is 17.5. The fourth-order valence-corrected chi connectivity index (χ4v) is 6.51. The number of rotatable bonds is 5. The quantitative estimate of drug-likeness (QED) is 0.829. The molecule has 4 bridgehead atoms. The number of likely N-dealkylation sites (tertiary alicyclic amines) is 1. The highest BCUT2D eigenvalue weighted by atomic mass is 16.2. The second-order valence-corrected chi connectivity index (χ2v) is 9.58. The lowest BCUT2D eigenvalue weighted by atomic mass is 9.54. The number of carbonyl (C=O) groups excluding carboxylic acids is 1. The summed E-state index contributed by atoms with van der Waals surface area (Å²) in [6.07, 6.45) is 9.50. The van der Waals surface area contributed by atoms with Crippen LogP contribution < -0.4 is 10.6 Å². The van der Waals surface area contributed by atoms with Gasteiger partial charge in [0.2, 0.25) is 0 Å². The topological polar surface area (TPSA) is 44.4 Å². The molecule has 4 saturated carbocycles. The third-order valence-electron chi connectivity index (χ3n) is 7.61. The van der Waals surface area contributed by atoms with E-state index in [-0.39, 0.29) is 6.03 Å². The molecule has 2 amide bonds. The third-order valence-corrected chi connectivity index (χ3v) is 7.61. The number of benzene rings is 1. The summed E-state index contributed by atoms with van der Waals surface area (Å²) in [6, 6.07) is 9.19. The van der Waals surface area contributed by atoms with Crippen LogP contribution in [0.25, 0.3) is 0 Å². The van der Waals surface area contributed by atoms with Gasteiger partial charge in [0.15, 0.2) is 0 Å². The Labute approximate surface area is 163 Å². The van der Waals surface area contributed by atoms with Crippen LogP contribution in [0.4, 0.5) is 4.79 Å². The molecule has 4 aliphatic carbocycles. The van der Waals surface area contributed by atoms with Gasteiger partial charge in [0.25, 0.3) is 0 Å². The summed E-state index contributed by atoms with van der Waals surface area (Å²) in [5, 5.41) is 6.43. The SMILES string of the molecule is O=C(NCc1ccc(CN2CCCC2)cc1)NC1C2CC3CC(C2)CC1C3. The Morgan fingerprint density at radius 1 is 0.889 bits per heavy atom. The molecule has 4 nitrogen and oxygen atoms in total. The highest BCUT2D eigenvalue weighted by Gasteiger charge is 2.48. The molecule has 5 fully saturated rings. The van der Waals surface area contributed by atoms with Crippen molar-refractivity contribution in [2.75, 3.05) is 13.1 Å². The molecular weight excluding hydrogens is 334 g/mol. The van der Waals surface area contributed by atoms with Crippen LogP contribution in [0.15, 0.2) is 24.3 Å². The lowest BCUT2D eigenvalue weighted by molar-refractivity contribution is -0.00942. The first-order chi connectivity index (χ1) is 13.2. The first-order valence-corrected chi connectivity index (χ1v) is 11.1. The number of amides is 2. The van der Waals surface area contributed by atoms with Crippen molar-refractivity contribution in [1.82, 2.24) is 15.5 Å². The lowest BCUT2D eigenvalue weighted by Crippen LogP contribution is -2.57. The summed E-state index contributed by atoms with van der Waals surface area (Å²) in [7, 11) is 0. The van der Waals surface area contributed by atoms with Crippen molar-refractivity contribution in [1.29, 1.82) is 0 Å². The summed E-state index contributed by atoms with van der Waals surface area (Å²) < 4.78 is 0. The molecule has 1 heterocycles. The van der Waals surface area contributed by atoms with E-state index in [9.17, 15) is 4.79 Å². The Balaban J connectivity index is 1.10. The maximum atomic E-state index is 12.5. The molecule has 5 aliphatic rings. The Morgan fingerprint density at radius 3 is 2.11 bits per heavy atom. The molecule has 0 atom stereocenters. The zero-order valence-electron chi connectivity index (χ0n) is 16.3. The molecule has 0 spiro atoms. The highest BCUT2D eigenvalue weighted by Crippen LogP contribution is 2.53. The molecular formula is C23H33N3O. The van der Waals surface area contributed by atoms with Gasteiger partial charge in [-0.2, -0.15) is 0 Å². The van der Waals surface area contributed by atoms with Gasteiger partial charge in [-0.1, -0.05) is 24.3 Å². The van der Waals surface area contributed by atoms with Crippen molar-refractivity contribution >= 4 is 6.03 Å². The fraction of sp³-hybridized carbons (Fsp3) is 0.696. The number of urea groups is 1. The van der Waals surface area contributed by atoms with E-state index in [0.717, 1.165) is 30.2 Å². The van der Waals surface area contributed by atoms with Crippen molar-refractivity contribution < 1.29 is 4.79 Å². The van der Waals surface area contributed by atoms with Crippen LogP contribution in [0.2, 0.25) is 0 Å². The third kappa shape index (κ3) is 3.87.